The van der Waals surface area contributed by atoms with E-state index in [0.29, 0.717) is 11.4 Å². The molecule has 1 heterocycles. The van der Waals surface area contributed by atoms with Gasteiger partial charge in [-0.15, -0.1) is 11.8 Å². The number of rotatable bonds is 11. The molecule has 1 unspecified atom stereocenters. The number of unbranched alkanes of at least 4 members (excludes halogenated alkanes) is 5. The summed E-state index contributed by atoms with van der Waals surface area (Å²) in [5.41, 5.74) is 5.43. The molecule has 0 spiro atoms. The zero-order chi connectivity index (χ0) is 16.5. The number of hydrogen-bond acceptors (Lipinski definition) is 5. The first-order valence-electron chi connectivity index (χ1n) is 7.70. The predicted octanol–water partition coefficient (Wildman–Crippen LogP) is 2.76. The van der Waals surface area contributed by atoms with Gasteiger partial charge in [0.2, 0.25) is 5.88 Å². The van der Waals surface area contributed by atoms with E-state index in [9.17, 15) is 15.0 Å². The second kappa shape index (κ2) is 9.63. The predicted molar refractivity (Wildman–Crippen MR) is 87.5 cm³/mol. The van der Waals surface area contributed by atoms with Crippen molar-refractivity contribution in [2.75, 3.05) is 5.75 Å². The molecule has 0 saturated heterocycles. The van der Waals surface area contributed by atoms with Gasteiger partial charge in [0, 0.05) is 18.4 Å². The largest absolute Gasteiger partial charge is 0.494 e. The van der Waals surface area contributed by atoms with Crippen LogP contribution in [-0.2, 0) is 11.3 Å². The monoisotopic (exact) mass is 330 g/mol. The molecule has 0 aromatic carbocycles. The second-order valence-corrected chi connectivity index (χ2v) is 6.43. The van der Waals surface area contributed by atoms with E-state index in [1.807, 2.05) is 0 Å². The molecule has 0 fully saturated rings. The quantitative estimate of drug-likeness (QED) is 0.367. The van der Waals surface area contributed by atoms with Crippen LogP contribution in [0.1, 0.15) is 45.4 Å². The summed E-state index contributed by atoms with van der Waals surface area (Å²) in [4.78, 5) is 11.1. The lowest BCUT2D eigenvalue weighted by molar-refractivity contribution is -0.137. The Hall–Kier alpha value is -1.34. The molecule has 22 heavy (non-hydrogen) atoms. The third-order valence-corrected chi connectivity index (χ3v) is 4.62. The molecule has 1 rings (SSSR count). The Morgan fingerprint density at radius 3 is 2.55 bits per heavy atom. The molecule has 0 aliphatic rings. The number of carboxylic acids is 1. The number of nitrogens with zero attached hydrogens (tertiary/aromatic N) is 1. The van der Waals surface area contributed by atoms with Crippen molar-refractivity contribution in [1.29, 1.82) is 0 Å². The fraction of sp³-hybridized carbons (Fsp3) is 0.667. The Kier molecular flexibility index (Phi) is 8.19. The van der Waals surface area contributed by atoms with E-state index in [-0.39, 0.29) is 17.5 Å². The topological polar surface area (TPSA) is 109 Å². The van der Waals surface area contributed by atoms with Crippen molar-refractivity contribution < 1.29 is 20.1 Å². The minimum atomic E-state index is -1.08. The maximum absolute atomic E-state index is 10.7. The van der Waals surface area contributed by atoms with Crippen LogP contribution in [0.25, 0.3) is 0 Å². The molecule has 0 radical (unpaired) electrons. The standard InChI is InChI=1S/C15H26N2O4S/c1-2-3-4-5-6-7-8-17-13(18)9-12(14(17)19)22-10-11(16)15(20)21/h9,11,18-19H,2-8,10,16H2,1H3,(H,20,21). The molecule has 1 atom stereocenters. The molecular formula is C15H26N2O4S. The van der Waals surface area contributed by atoms with Crippen LogP contribution in [0.3, 0.4) is 0 Å². The first-order valence-corrected chi connectivity index (χ1v) is 8.68. The lowest BCUT2D eigenvalue weighted by Gasteiger charge is -2.08. The number of thioether (sulfide) groups is 1. The molecule has 0 bridgehead atoms. The van der Waals surface area contributed by atoms with Gasteiger partial charge in [0.15, 0.2) is 5.88 Å². The molecule has 1 aromatic heterocycles. The number of aromatic hydroxyl groups is 2. The number of nitrogens with two attached hydrogens (primary N) is 1. The van der Waals surface area contributed by atoms with E-state index in [2.05, 4.69) is 6.92 Å². The van der Waals surface area contributed by atoms with E-state index in [4.69, 9.17) is 10.8 Å². The van der Waals surface area contributed by atoms with Crippen LogP contribution in [0.5, 0.6) is 11.8 Å². The average Bonchev–Trinajstić information content (AvgIpc) is 2.75. The fourth-order valence-corrected chi connectivity index (χ4v) is 3.06. The van der Waals surface area contributed by atoms with Crippen LogP contribution in [0.4, 0.5) is 0 Å². The Bertz CT molecular complexity index is 476. The summed E-state index contributed by atoms with van der Waals surface area (Å²) in [6, 6.07) is 0.458. The SMILES string of the molecule is CCCCCCCCn1c(O)cc(SCC(N)C(=O)O)c1O. The lowest BCUT2D eigenvalue weighted by atomic mass is 10.1. The second-order valence-electron chi connectivity index (χ2n) is 5.37. The summed E-state index contributed by atoms with van der Waals surface area (Å²) < 4.78 is 1.45. The third kappa shape index (κ3) is 5.81. The summed E-state index contributed by atoms with van der Waals surface area (Å²) in [6.45, 7) is 2.72. The molecule has 1 aromatic rings. The van der Waals surface area contributed by atoms with Crippen molar-refractivity contribution >= 4 is 17.7 Å². The summed E-state index contributed by atoms with van der Waals surface area (Å²) >= 11 is 1.13. The van der Waals surface area contributed by atoms with Crippen molar-refractivity contribution in [2.45, 2.75) is 62.9 Å². The molecule has 0 aliphatic carbocycles. The molecular weight excluding hydrogens is 304 g/mol. The summed E-state index contributed by atoms with van der Waals surface area (Å²) in [6.07, 6.45) is 6.77. The van der Waals surface area contributed by atoms with Gasteiger partial charge >= 0.3 is 5.97 Å². The van der Waals surface area contributed by atoms with Crippen LogP contribution < -0.4 is 5.73 Å². The molecule has 126 valence electrons. The number of carboxylic acid groups (broad SMARTS) is 1. The fourth-order valence-electron chi connectivity index (χ4n) is 2.13. The summed E-state index contributed by atoms with van der Waals surface area (Å²) in [5.74, 6) is -0.961. The Morgan fingerprint density at radius 1 is 1.27 bits per heavy atom. The van der Waals surface area contributed by atoms with Crippen molar-refractivity contribution in [2.24, 2.45) is 5.73 Å². The number of aliphatic carboxylic acids is 1. The van der Waals surface area contributed by atoms with Gasteiger partial charge in [0.1, 0.15) is 6.04 Å². The highest BCUT2D eigenvalue weighted by molar-refractivity contribution is 7.99. The van der Waals surface area contributed by atoms with E-state index < -0.39 is 12.0 Å². The summed E-state index contributed by atoms with van der Waals surface area (Å²) in [5, 5.41) is 28.7. The van der Waals surface area contributed by atoms with Gasteiger partial charge in [-0.1, -0.05) is 39.0 Å². The van der Waals surface area contributed by atoms with Crippen molar-refractivity contribution in [3.8, 4) is 11.8 Å². The normalized spacial score (nSPS) is 12.5. The maximum atomic E-state index is 10.7. The minimum Gasteiger partial charge on any atom is -0.494 e. The summed E-state index contributed by atoms with van der Waals surface area (Å²) in [7, 11) is 0. The zero-order valence-corrected chi connectivity index (χ0v) is 13.8. The van der Waals surface area contributed by atoms with E-state index in [1.54, 1.807) is 0 Å². The average molecular weight is 330 g/mol. The van der Waals surface area contributed by atoms with Gasteiger partial charge in [-0.05, 0) is 6.42 Å². The highest BCUT2D eigenvalue weighted by Gasteiger charge is 2.17. The van der Waals surface area contributed by atoms with Gasteiger partial charge in [-0.2, -0.15) is 0 Å². The van der Waals surface area contributed by atoms with Gasteiger partial charge in [-0.3, -0.25) is 9.36 Å². The van der Waals surface area contributed by atoms with Gasteiger partial charge in [-0.25, -0.2) is 0 Å². The van der Waals surface area contributed by atoms with Crippen molar-refractivity contribution in [3.05, 3.63) is 6.07 Å². The van der Waals surface area contributed by atoms with E-state index >= 15 is 0 Å². The molecule has 0 saturated carbocycles. The van der Waals surface area contributed by atoms with E-state index in [1.165, 1.54) is 29.9 Å². The van der Waals surface area contributed by atoms with Crippen LogP contribution in [-0.4, -0.2) is 37.7 Å². The van der Waals surface area contributed by atoms with Crippen LogP contribution in [0, 0.1) is 0 Å². The molecule has 0 amide bonds. The van der Waals surface area contributed by atoms with Crippen LogP contribution in [0.15, 0.2) is 11.0 Å². The van der Waals surface area contributed by atoms with Crippen molar-refractivity contribution in [3.63, 3.8) is 0 Å². The number of carbonyl (C=O) groups is 1. The highest BCUT2D eigenvalue weighted by atomic mass is 32.2. The van der Waals surface area contributed by atoms with Gasteiger partial charge < -0.3 is 21.1 Å². The third-order valence-electron chi connectivity index (χ3n) is 3.48. The maximum Gasteiger partial charge on any atom is 0.321 e. The Morgan fingerprint density at radius 2 is 1.91 bits per heavy atom. The molecule has 7 heteroatoms. The number of hydrogen-bond donors (Lipinski definition) is 4. The molecule has 5 N–H and O–H groups in total. The van der Waals surface area contributed by atoms with E-state index in [0.717, 1.165) is 31.0 Å². The molecule has 0 aliphatic heterocycles. The van der Waals surface area contributed by atoms with Gasteiger partial charge in [0.05, 0.1) is 4.90 Å². The first-order chi connectivity index (χ1) is 10.5. The first kappa shape index (κ1) is 18.7. The highest BCUT2D eigenvalue weighted by Crippen LogP contribution is 2.35. The smallest absolute Gasteiger partial charge is 0.321 e. The van der Waals surface area contributed by atoms with Crippen molar-refractivity contribution in [1.82, 2.24) is 4.57 Å². The Labute approximate surface area is 135 Å². The van der Waals surface area contributed by atoms with Crippen LogP contribution in [0.2, 0.25) is 0 Å². The zero-order valence-electron chi connectivity index (χ0n) is 13.0. The minimum absolute atomic E-state index is 0.00236. The molecule has 6 nitrogen and oxygen atoms in total. The van der Waals surface area contributed by atoms with Gasteiger partial charge in [0.25, 0.3) is 0 Å². The lowest BCUT2D eigenvalue weighted by Crippen LogP contribution is -2.32. The Balaban J connectivity index is 2.46. The number of aromatic nitrogens is 1. The van der Waals surface area contributed by atoms with Crippen LogP contribution >= 0.6 is 11.8 Å².